The number of rotatable bonds is 5. The van der Waals surface area contributed by atoms with E-state index in [1.807, 2.05) is 11.9 Å². The van der Waals surface area contributed by atoms with Gasteiger partial charge in [-0.05, 0) is 25.8 Å². The van der Waals surface area contributed by atoms with Crippen molar-refractivity contribution in [1.82, 2.24) is 4.90 Å². The lowest BCUT2D eigenvalue weighted by atomic mass is 10.2. The maximum Gasteiger partial charge on any atom is 0.322 e. The lowest BCUT2D eigenvalue weighted by Gasteiger charge is -2.22. The maximum absolute atomic E-state index is 10.7. The van der Waals surface area contributed by atoms with Crippen molar-refractivity contribution in [2.45, 2.75) is 18.9 Å². The van der Waals surface area contributed by atoms with Gasteiger partial charge in [0, 0.05) is 13.1 Å². The zero-order valence-corrected chi connectivity index (χ0v) is 7.36. The van der Waals surface area contributed by atoms with Gasteiger partial charge in [0.25, 0.3) is 0 Å². The monoisotopic (exact) mass is 172 g/mol. The van der Waals surface area contributed by atoms with E-state index in [9.17, 15) is 4.79 Å². The Kier molecular flexibility index (Phi) is 3.05. The third-order valence-electron chi connectivity index (χ3n) is 2.28. The highest BCUT2D eigenvalue weighted by Gasteiger charge is 2.28. The van der Waals surface area contributed by atoms with Crippen LogP contribution in [0.5, 0.6) is 0 Å². The van der Waals surface area contributed by atoms with Gasteiger partial charge in [-0.2, -0.15) is 0 Å². The number of nitrogens with two attached hydrogens (primary N) is 1. The summed E-state index contributed by atoms with van der Waals surface area (Å²) in [5.74, 6) is -0.107. The van der Waals surface area contributed by atoms with Crippen molar-refractivity contribution in [3.05, 3.63) is 0 Å². The van der Waals surface area contributed by atoms with E-state index in [4.69, 9.17) is 10.8 Å². The van der Waals surface area contributed by atoms with Crippen LogP contribution in [0.3, 0.4) is 0 Å². The lowest BCUT2D eigenvalue weighted by Crippen LogP contribution is -2.44. The van der Waals surface area contributed by atoms with E-state index in [1.165, 1.54) is 12.8 Å². The average molecular weight is 172 g/mol. The lowest BCUT2D eigenvalue weighted by molar-refractivity contribution is -0.142. The fourth-order valence-corrected chi connectivity index (χ4v) is 1.30. The Hall–Kier alpha value is -0.610. The van der Waals surface area contributed by atoms with Crippen LogP contribution in [0.4, 0.5) is 0 Å². The fraction of sp³-hybridized carbons (Fsp3) is 0.875. The molecule has 0 saturated heterocycles. The number of carbonyl (C=O) groups is 1. The van der Waals surface area contributed by atoms with Gasteiger partial charge in [-0.25, -0.2) is 0 Å². The number of carboxylic acid groups (broad SMARTS) is 1. The van der Waals surface area contributed by atoms with Crippen LogP contribution in [0.25, 0.3) is 0 Å². The van der Waals surface area contributed by atoms with Crippen molar-refractivity contribution in [3.8, 4) is 0 Å². The SMILES string of the molecule is CN(CC1CC1)C(CN)C(=O)O. The van der Waals surface area contributed by atoms with Gasteiger partial charge in [0.15, 0.2) is 0 Å². The Labute approximate surface area is 72.3 Å². The molecule has 0 heterocycles. The van der Waals surface area contributed by atoms with Crippen molar-refractivity contribution in [2.75, 3.05) is 20.1 Å². The number of carboxylic acids is 1. The predicted octanol–water partition coefficient (Wildman–Crippen LogP) is -0.260. The van der Waals surface area contributed by atoms with Gasteiger partial charge in [0.05, 0.1) is 0 Å². The second kappa shape index (κ2) is 3.87. The average Bonchev–Trinajstić information content (AvgIpc) is 2.71. The first-order valence-corrected chi connectivity index (χ1v) is 4.28. The molecule has 0 aromatic heterocycles. The second-order valence-electron chi connectivity index (χ2n) is 3.47. The molecule has 4 nitrogen and oxygen atoms in total. The summed E-state index contributed by atoms with van der Waals surface area (Å²) < 4.78 is 0. The summed E-state index contributed by atoms with van der Waals surface area (Å²) in [5.41, 5.74) is 5.35. The Bertz CT molecular complexity index is 168. The van der Waals surface area contributed by atoms with E-state index >= 15 is 0 Å². The summed E-state index contributed by atoms with van der Waals surface area (Å²) in [7, 11) is 1.82. The number of hydrogen-bond acceptors (Lipinski definition) is 3. The maximum atomic E-state index is 10.7. The van der Waals surface area contributed by atoms with Gasteiger partial charge in [0.1, 0.15) is 6.04 Å². The van der Waals surface area contributed by atoms with Crippen LogP contribution in [0.15, 0.2) is 0 Å². The van der Waals surface area contributed by atoms with E-state index in [1.54, 1.807) is 0 Å². The van der Waals surface area contributed by atoms with Gasteiger partial charge in [-0.1, -0.05) is 0 Å². The molecule has 12 heavy (non-hydrogen) atoms. The normalized spacial score (nSPS) is 19.6. The van der Waals surface area contributed by atoms with Crippen molar-refractivity contribution in [1.29, 1.82) is 0 Å². The molecule has 0 spiro atoms. The quantitative estimate of drug-likeness (QED) is 0.599. The third-order valence-corrected chi connectivity index (χ3v) is 2.28. The highest BCUT2D eigenvalue weighted by atomic mass is 16.4. The number of aliphatic carboxylic acids is 1. The number of nitrogens with zero attached hydrogens (tertiary/aromatic N) is 1. The first-order chi connectivity index (χ1) is 5.65. The topological polar surface area (TPSA) is 66.6 Å². The number of likely N-dealkylation sites (N-methyl/N-ethyl adjacent to an activating group) is 1. The van der Waals surface area contributed by atoms with Crippen LogP contribution in [0.1, 0.15) is 12.8 Å². The van der Waals surface area contributed by atoms with Gasteiger partial charge in [0.2, 0.25) is 0 Å². The first-order valence-electron chi connectivity index (χ1n) is 4.28. The summed E-state index contributed by atoms with van der Waals surface area (Å²) in [6.07, 6.45) is 2.47. The van der Waals surface area contributed by atoms with Crippen LogP contribution in [0, 0.1) is 5.92 Å². The molecule has 1 aliphatic rings. The van der Waals surface area contributed by atoms with E-state index in [0.29, 0.717) is 5.92 Å². The van der Waals surface area contributed by atoms with E-state index in [0.717, 1.165) is 6.54 Å². The summed E-state index contributed by atoms with van der Waals surface area (Å²) in [5, 5.41) is 8.76. The van der Waals surface area contributed by atoms with Gasteiger partial charge >= 0.3 is 5.97 Å². The first kappa shape index (κ1) is 9.48. The third kappa shape index (κ3) is 2.46. The van der Waals surface area contributed by atoms with Crippen molar-refractivity contribution < 1.29 is 9.90 Å². The second-order valence-corrected chi connectivity index (χ2v) is 3.47. The minimum absolute atomic E-state index is 0.193. The Morgan fingerprint density at radius 3 is 2.67 bits per heavy atom. The highest BCUT2D eigenvalue weighted by Crippen LogP contribution is 2.29. The van der Waals surface area contributed by atoms with E-state index < -0.39 is 12.0 Å². The smallest absolute Gasteiger partial charge is 0.322 e. The summed E-state index contributed by atoms with van der Waals surface area (Å²) >= 11 is 0. The van der Waals surface area contributed by atoms with Crippen molar-refractivity contribution in [2.24, 2.45) is 11.7 Å². The fourth-order valence-electron chi connectivity index (χ4n) is 1.30. The molecule has 1 fully saturated rings. The van der Waals surface area contributed by atoms with E-state index in [-0.39, 0.29) is 6.54 Å². The van der Waals surface area contributed by atoms with Gasteiger partial charge in [-0.3, -0.25) is 9.69 Å². The summed E-state index contributed by atoms with van der Waals surface area (Å²) in [6.45, 7) is 1.06. The molecular formula is C8H16N2O2. The minimum atomic E-state index is -0.819. The Balaban J connectivity index is 2.34. The molecule has 0 bridgehead atoms. The molecule has 1 aliphatic carbocycles. The molecule has 0 aromatic rings. The zero-order valence-electron chi connectivity index (χ0n) is 7.36. The zero-order chi connectivity index (χ0) is 9.14. The summed E-state index contributed by atoms with van der Waals surface area (Å²) in [6, 6.07) is -0.509. The van der Waals surface area contributed by atoms with Crippen LogP contribution in [-0.2, 0) is 4.79 Å². The molecular weight excluding hydrogens is 156 g/mol. The number of hydrogen-bond donors (Lipinski definition) is 2. The van der Waals surface area contributed by atoms with Crippen LogP contribution < -0.4 is 5.73 Å². The molecule has 0 aromatic carbocycles. The van der Waals surface area contributed by atoms with Crippen molar-refractivity contribution in [3.63, 3.8) is 0 Å². The molecule has 70 valence electrons. The molecule has 0 amide bonds. The van der Waals surface area contributed by atoms with Gasteiger partial charge < -0.3 is 10.8 Å². The van der Waals surface area contributed by atoms with Crippen LogP contribution in [-0.4, -0.2) is 42.2 Å². The molecule has 0 aliphatic heterocycles. The van der Waals surface area contributed by atoms with Crippen LogP contribution in [0.2, 0.25) is 0 Å². The Morgan fingerprint density at radius 1 is 1.75 bits per heavy atom. The standard InChI is InChI=1S/C8H16N2O2/c1-10(5-6-2-3-6)7(4-9)8(11)12/h6-7H,2-5,9H2,1H3,(H,11,12). The molecule has 1 unspecified atom stereocenters. The Morgan fingerprint density at radius 2 is 2.33 bits per heavy atom. The minimum Gasteiger partial charge on any atom is -0.480 e. The van der Waals surface area contributed by atoms with Crippen molar-refractivity contribution >= 4 is 5.97 Å². The predicted molar refractivity (Wildman–Crippen MR) is 45.8 cm³/mol. The largest absolute Gasteiger partial charge is 0.480 e. The molecule has 1 rings (SSSR count). The molecule has 3 N–H and O–H groups in total. The van der Waals surface area contributed by atoms with E-state index in [2.05, 4.69) is 0 Å². The molecule has 1 atom stereocenters. The molecule has 0 radical (unpaired) electrons. The van der Waals surface area contributed by atoms with Crippen LogP contribution >= 0.6 is 0 Å². The summed E-state index contributed by atoms with van der Waals surface area (Å²) in [4.78, 5) is 12.5. The molecule has 4 heteroatoms. The highest BCUT2D eigenvalue weighted by molar-refractivity contribution is 5.73. The molecule has 1 saturated carbocycles. The van der Waals surface area contributed by atoms with Gasteiger partial charge in [-0.15, -0.1) is 0 Å².